The van der Waals surface area contributed by atoms with E-state index in [4.69, 9.17) is 11.6 Å². The number of pyridine rings is 1. The molecule has 0 radical (unpaired) electrons. The number of hydrogen-bond donors (Lipinski definition) is 2. The molecule has 0 aliphatic carbocycles. The van der Waals surface area contributed by atoms with Crippen LogP contribution in [0.2, 0.25) is 5.02 Å². The van der Waals surface area contributed by atoms with Gasteiger partial charge >= 0.3 is 0 Å². The van der Waals surface area contributed by atoms with Gasteiger partial charge in [-0.2, -0.15) is 0 Å². The molecule has 0 bridgehead atoms. The van der Waals surface area contributed by atoms with Gasteiger partial charge in [-0.1, -0.05) is 17.7 Å². The lowest BCUT2D eigenvalue weighted by Crippen LogP contribution is -2.28. The van der Waals surface area contributed by atoms with Gasteiger partial charge in [0.05, 0.1) is 0 Å². The molecule has 0 unspecified atom stereocenters. The fraction of sp³-hybridized carbons (Fsp3) is 0.278. The van der Waals surface area contributed by atoms with Gasteiger partial charge in [0.15, 0.2) is 0 Å². The average Bonchev–Trinajstić information content (AvgIpc) is 2.60. The molecule has 2 rings (SSSR count). The molecule has 1 heterocycles. The van der Waals surface area contributed by atoms with Crippen LogP contribution in [0.4, 0.5) is 5.69 Å². The summed E-state index contributed by atoms with van der Waals surface area (Å²) in [4.78, 5) is 30.6. The van der Waals surface area contributed by atoms with Gasteiger partial charge in [0, 0.05) is 17.3 Å². The molecule has 1 aromatic heterocycles. The van der Waals surface area contributed by atoms with Gasteiger partial charge in [0.25, 0.3) is 11.8 Å². The molecule has 132 valence electrons. The summed E-state index contributed by atoms with van der Waals surface area (Å²) in [6, 6.07) is 11.5. The highest BCUT2D eigenvalue weighted by atomic mass is 35.5. The molecule has 0 aliphatic rings. The maximum atomic E-state index is 12.3. The number of carbonyl (C=O) groups excluding carboxylic acids is 2. The molecule has 1 aromatic carbocycles. The van der Waals surface area contributed by atoms with Crippen molar-refractivity contribution in [2.24, 2.45) is 0 Å². The molecule has 2 N–H and O–H groups in total. The van der Waals surface area contributed by atoms with E-state index >= 15 is 0 Å². The van der Waals surface area contributed by atoms with Crippen LogP contribution in [-0.4, -0.2) is 48.9 Å². The van der Waals surface area contributed by atoms with Crippen LogP contribution in [0, 0.1) is 0 Å². The summed E-state index contributed by atoms with van der Waals surface area (Å²) in [5.41, 5.74) is 0.999. The summed E-state index contributed by atoms with van der Waals surface area (Å²) in [5, 5.41) is 6.11. The van der Waals surface area contributed by atoms with Crippen molar-refractivity contribution in [3.63, 3.8) is 0 Å². The summed E-state index contributed by atoms with van der Waals surface area (Å²) in [7, 11) is 3.96. The first-order chi connectivity index (χ1) is 12.0. The van der Waals surface area contributed by atoms with E-state index < -0.39 is 0 Å². The molecule has 2 amide bonds. The zero-order valence-electron chi connectivity index (χ0n) is 14.3. The monoisotopic (exact) mass is 360 g/mol. The molecule has 0 atom stereocenters. The molecular weight excluding hydrogens is 340 g/mol. The van der Waals surface area contributed by atoms with E-state index in [-0.39, 0.29) is 23.2 Å². The Kier molecular flexibility index (Phi) is 6.91. The number of nitrogens with one attached hydrogen (secondary N) is 2. The van der Waals surface area contributed by atoms with Crippen molar-refractivity contribution in [2.45, 2.75) is 6.42 Å². The lowest BCUT2D eigenvalue weighted by molar-refractivity contribution is 0.0947. The molecule has 0 saturated heterocycles. The van der Waals surface area contributed by atoms with Gasteiger partial charge < -0.3 is 15.5 Å². The van der Waals surface area contributed by atoms with Gasteiger partial charge in [-0.15, -0.1) is 0 Å². The fourth-order valence-electron chi connectivity index (χ4n) is 2.10. The van der Waals surface area contributed by atoms with Crippen molar-refractivity contribution in [1.82, 2.24) is 15.2 Å². The Hall–Kier alpha value is -2.44. The summed E-state index contributed by atoms with van der Waals surface area (Å²) in [5.74, 6) is -0.676. The first-order valence-corrected chi connectivity index (χ1v) is 8.30. The minimum atomic E-state index is -0.385. The second-order valence-electron chi connectivity index (χ2n) is 5.78. The Morgan fingerprint density at radius 3 is 2.32 bits per heavy atom. The average molecular weight is 361 g/mol. The standard InChI is InChI=1S/C18H21ClN4O2/c1-23(2)12-4-11-20-17(24)15-5-3-6-16(22-15)18(25)21-14-9-7-13(19)8-10-14/h3,5-10H,4,11-12H2,1-2H3,(H,20,24)(H,21,25). The Labute approximate surface area is 152 Å². The lowest BCUT2D eigenvalue weighted by Gasteiger charge is -2.10. The molecule has 2 aromatic rings. The molecule has 0 saturated carbocycles. The van der Waals surface area contributed by atoms with E-state index in [2.05, 4.69) is 15.6 Å². The number of rotatable bonds is 7. The van der Waals surface area contributed by atoms with Crippen molar-refractivity contribution in [1.29, 1.82) is 0 Å². The van der Waals surface area contributed by atoms with Crippen molar-refractivity contribution in [3.05, 3.63) is 58.9 Å². The summed E-state index contributed by atoms with van der Waals surface area (Å²) >= 11 is 5.82. The predicted octanol–water partition coefficient (Wildman–Crippen LogP) is 2.67. The van der Waals surface area contributed by atoms with Gasteiger partial charge in [-0.3, -0.25) is 9.59 Å². The first kappa shape index (κ1) is 18.9. The van der Waals surface area contributed by atoms with Crippen LogP contribution >= 0.6 is 11.6 Å². The second-order valence-corrected chi connectivity index (χ2v) is 6.22. The number of anilines is 1. The number of carbonyl (C=O) groups is 2. The fourth-order valence-corrected chi connectivity index (χ4v) is 2.23. The van der Waals surface area contributed by atoms with Crippen LogP contribution < -0.4 is 10.6 Å². The van der Waals surface area contributed by atoms with E-state index in [1.807, 2.05) is 19.0 Å². The quantitative estimate of drug-likeness (QED) is 0.744. The molecule has 0 spiro atoms. The smallest absolute Gasteiger partial charge is 0.274 e. The van der Waals surface area contributed by atoms with Gasteiger partial charge in [0.1, 0.15) is 11.4 Å². The molecule has 0 fully saturated rings. The number of aromatic nitrogens is 1. The van der Waals surface area contributed by atoms with Gasteiger partial charge in [0.2, 0.25) is 0 Å². The molecule has 6 nitrogen and oxygen atoms in total. The molecule has 7 heteroatoms. The van der Waals surface area contributed by atoms with E-state index in [1.165, 1.54) is 0 Å². The minimum absolute atomic E-state index is 0.177. The van der Waals surface area contributed by atoms with Crippen LogP contribution in [0.25, 0.3) is 0 Å². The number of halogens is 1. The highest BCUT2D eigenvalue weighted by Crippen LogP contribution is 2.14. The maximum absolute atomic E-state index is 12.3. The number of nitrogens with zero attached hydrogens (tertiary/aromatic N) is 2. The molecular formula is C18H21ClN4O2. The summed E-state index contributed by atoms with van der Waals surface area (Å²) < 4.78 is 0. The van der Waals surface area contributed by atoms with Crippen molar-refractivity contribution in [2.75, 3.05) is 32.5 Å². The third kappa shape index (κ3) is 6.17. The highest BCUT2D eigenvalue weighted by molar-refractivity contribution is 6.30. The van der Waals surface area contributed by atoms with Crippen LogP contribution in [-0.2, 0) is 0 Å². The van der Waals surface area contributed by atoms with Crippen LogP contribution in [0.1, 0.15) is 27.4 Å². The third-order valence-corrected chi connectivity index (χ3v) is 3.64. The highest BCUT2D eigenvalue weighted by Gasteiger charge is 2.12. The van der Waals surface area contributed by atoms with Crippen molar-refractivity contribution < 1.29 is 9.59 Å². The normalized spacial score (nSPS) is 10.6. The Morgan fingerprint density at radius 2 is 1.68 bits per heavy atom. The van der Waals surface area contributed by atoms with Crippen LogP contribution in [0.3, 0.4) is 0 Å². The molecule has 0 aliphatic heterocycles. The van der Waals surface area contributed by atoms with Crippen LogP contribution in [0.15, 0.2) is 42.5 Å². The predicted molar refractivity (Wildman–Crippen MR) is 99.1 cm³/mol. The SMILES string of the molecule is CN(C)CCCNC(=O)c1cccc(C(=O)Nc2ccc(Cl)cc2)n1. The number of benzene rings is 1. The zero-order valence-corrected chi connectivity index (χ0v) is 15.0. The largest absolute Gasteiger partial charge is 0.351 e. The number of hydrogen-bond acceptors (Lipinski definition) is 4. The maximum Gasteiger partial charge on any atom is 0.274 e. The van der Waals surface area contributed by atoms with Crippen molar-refractivity contribution in [3.8, 4) is 0 Å². The topological polar surface area (TPSA) is 74.3 Å². The van der Waals surface area contributed by atoms with E-state index in [1.54, 1.807) is 42.5 Å². The van der Waals surface area contributed by atoms with Gasteiger partial charge in [-0.25, -0.2) is 4.98 Å². The lowest BCUT2D eigenvalue weighted by atomic mass is 10.2. The zero-order chi connectivity index (χ0) is 18.2. The van der Waals surface area contributed by atoms with Crippen LogP contribution in [0.5, 0.6) is 0 Å². The summed E-state index contributed by atoms with van der Waals surface area (Å²) in [6.45, 7) is 1.44. The van der Waals surface area contributed by atoms with E-state index in [9.17, 15) is 9.59 Å². The Bertz CT molecular complexity index is 732. The van der Waals surface area contributed by atoms with Gasteiger partial charge in [-0.05, 0) is 63.5 Å². The first-order valence-electron chi connectivity index (χ1n) is 7.92. The molecule has 25 heavy (non-hydrogen) atoms. The Morgan fingerprint density at radius 1 is 1.04 bits per heavy atom. The summed E-state index contributed by atoms with van der Waals surface area (Å²) in [6.07, 6.45) is 0.843. The number of amides is 2. The minimum Gasteiger partial charge on any atom is -0.351 e. The second kappa shape index (κ2) is 9.15. The third-order valence-electron chi connectivity index (χ3n) is 3.38. The van der Waals surface area contributed by atoms with Crippen molar-refractivity contribution >= 4 is 29.1 Å². The Balaban J connectivity index is 1.96. The van der Waals surface area contributed by atoms with E-state index in [0.717, 1.165) is 13.0 Å². The van der Waals surface area contributed by atoms with E-state index in [0.29, 0.717) is 17.3 Å².